The maximum Gasteiger partial charge on any atom is 0.293 e. The molecule has 0 radical (unpaired) electrons. The van der Waals surface area contributed by atoms with Gasteiger partial charge in [0.1, 0.15) is 5.82 Å². The maximum absolute atomic E-state index is 11.9. The van der Waals surface area contributed by atoms with E-state index >= 15 is 0 Å². The fraction of sp³-hybridized carbons (Fsp3) is 0.583. The largest absolute Gasteiger partial charge is 0.459 e. The molecule has 1 aromatic heterocycles. The van der Waals surface area contributed by atoms with Crippen LogP contribution in [0.3, 0.4) is 0 Å². The van der Waals surface area contributed by atoms with Crippen LogP contribution in [0, 0.1) is 6.92 Å². The fourth-order valence-corrected chi connectivity index (χ4v) is 2.38. The average molecular weight is 267 g/mol. The number of ether oxygens (including phenoxy) is 1. The Kier molecular flexibility index (Phi) is 4.30. The number of aryl methyl sites for hydroxylation is 1. The molecule has 1 amide bonds. The summed E-state index contributed by atoms with van der Waals surface area (Å²) in [5.41, 5.74) is 1.10. The number of carbonyl (C=O) groups is 1. The SMILES string of the molecule is Cc1nsc(OCC(=O)N(C)C2=CCCCC2)n1. The van der Waals surface area contributed by atoms with Crippen molar-refractivity contribution in [1.29, 1.82) is 0 Å². The molecule has 1 aliphatic carbocycles. The Morgan fingerprint density at radius 3 is 3.00 bits per heavy atom. The summed E-state index contributed by atoms with van der Waals surface area (Å²) in [5, 5.41) is 0.451. The number of amides is 1. The Labute approximate surface area is 111 Å². The summed E-state index contributed by atoms with van der Waals surface area (Å²) in [4.78, 5) is 17.7. The van der Waals surface area contributed by atoms with Gasteiger partial charge in [-0.2, -0.15) is 9.36 Å². The highest BCUT2D eigenvalue weighted by Crippen LogP contribution is 2.20. The second kappa shape index (κ2) is 5.95. The van der Waals surface area contributed by atoms with Crippen LogP contribution in [0.1, 0.15) is 31.5 Å². The summed E-state index contributed by atoms with van der Waals surface area (Å²) in [6.45, 7) is 1.81. The Hall–Kier alpha value is -1.43. The first-order valence-electron chi connectivity index (χ1n) is 6.05. The number of aromatic nitrogens is 2. The minimum atomic E-state index is -0.0454. The van der Waals surface area contributed by atoms with E-state index < -0.39 is 0 Å². The molecular weight excluding hydrogens is 250 g/mol. The zero-order chi connectivity index (χ0) is 13.0. The van der Waals surface area contributed by atoms with E-state index in [9.17, 15) is 4.79 Å². The highest BCUT2D eigenvalue weighted by atomic mass is 32.1. The van der Waals surface area contributed by atoms with Crippen molar-refractivity contribution in [3.05, 3.63) is 17.6 Å². The van der Waals surface area contributed by atoms with Crippen molar-refractivity contribution in [2.24, 2.45) is 0 Å². The van der Waals surface area contributed by atoms with E-state index in [0.29, 0.717) is 11.0 Å². The van der Waals surface area contributed by atoms with Gasteiger partial charge in [-0.15, -0.1) is 0 Å². The van der Waals surface area contributed by atoms with Gasteiger partial charge in [0.15, 0.2) is 6.61 Å². The van der Waals surface area contributed by atoms with Gasteiger partial charge in [-0.1, -0.05) is 6.08 Å². The molecule has 0 bridgehead atoms. The number of nitrogens with zero attached hydrogens (tertiary/aromatic N) is 3. The second-order valence-corrected chi connectivity index (χ2v) is 5.00. The van der Waals surface area contributed by atoms with Gasteiger partial charge < -0.3 is 9.64 Å². The molecule has 0 aromatic carbocycles. The highest BCUT2D eigenvalue weighted by molar-refractivity contribution is 7.07. The quantitative estimate of drug-likeness (QED) is 0.838. The lowest BCUT2D eigenvalue weighted by molar-refractivity contribution is -0.130. The van der Waals surface area contributed by atoms with Crippen LogP contribution in [0.25, 0.3) is 0 Å². The molecule has 6 heteroatoms. The lowest BCUT2D eigenvalue weighted by Gasteiger charge is -2.23. The second-order valence-electron chi connectivity index (χ2n) is 4.29. The molecule has 2 rings (SSSR count). The topological polar surface area (TPSA) is 55.3 Å². The lowest BCUT2D eigenvalue weighted by atomic mass is 10.0. The van der Waals surface area contributed by atoms with E-state index in [0.717, 1.165) is 25.0 Å². The third-order valence-corrected chi connectivity index (χ3v) is 3.62. The van der Waals surface area contributed by atoms with Crippen LogP contribution in [0.2, 0.25) is 0 Å². The predicted molar refractivity (Wildman–Crippen MR) is 69.5 cm³/mol. The van der Waals surface area contributed by atoms with E-state index in [1.807, 2.05) is 0 Å². The summed E-state index contributed by atoms with van der Waals surface area (Å²) < 4.78 is 9.33. The molecule has 1 aliphatic rings. The van der Waals surface area contributed by atoms with Crippen LogP contribution >= 0.6 is 11.5 Å². The van der Waals surface area contributed by atoms with Gasteiger partial charge in [0.25, 0.3) is 11.1 Å². The number of carbonyl (C=O) groups excluding carboxylic acids is 1. The van der Waals surface area contributed by atoms with Gasteiger partial charge in [0.2, 0.25) is 0 Å². The van der Waals surface area contributed by atoms with E-state index in [4.69, 9.17) is 4.74 Å². The van der Waals surface area contributed by atoms with Gasteiger partial charge in [0, 0.05) is 24.3 Å². The van der Waals surface area contributed by atoms with E-state index in [1.54, 1.807) is 18.9 Å². The van der Waals surface area contributed by atoms with Gasteiger partial charge in [0.05, 0.1) is 0 Å². The Balaban J connectivity index is 1.85. The van der Waals surface area contributed by atoms with Crippen molar-refractivity contribution in [3.63, 3.8) is 0 Å². The Morgan fingerprint density at radius 1 is 1.56 bits per heavy atom. The molecular formula is C12H17N3O2S. The molecule has 0 aliphatic heterocycles. The first-order chi connectivity index (χ1) is 8.66. The van der Waals surface area contributed by atoms with Crippen molar-refractivity contribution < 1.29 is 9.53 Å². The fourth-order valence-electron chi connectivity index (χ4n) is 1.84. The number of rotatable bonds is 4. The Morgan fingerprint density at radius 2 is 2.39 bits per heavy atom. The van der Waals surface area contributed by atoms with Crippen LogP contribution in [-0.4, -0.2) is 33.8 Å². The van der Waals surface area contributed by atoms with Crippen LogP contribution in [-0.2, 0) is 4.79 Å². The number of hydrogen-bond donors (Lipinski definition) is 0. The lowest BCUT2D eigenvalue weighted by Crippen LogP contribution is -2.31. The van der Waals surface area contributed by atoms with Gasteiger partial charge in [-0.25, -0.2) is 0 Å². The zero-order valence-electron chi connectivity index (χ0n) is 10.7. The molecule has 98 valence electrons. The summed E-state index contributed by atoms with van der Waals surface area (Å²) in [6, 6.07) is 0. The zero-order valence-corrected chi connectivity index (χ0v) is 11.5. The van der Waals surface area contributed by atoms with Gasteiger partial charge >= 0.3 is 0 Å². The molecule has 18 heavy (non-hydrogen) atoms. The molecule has 0 saturated carbocycles. The molecule has 0 saturated heterocycles. The molecule has 1 heterocycles. The van der Waals surface area contributed by atoms with E-state index in [1.165, 1.54) is 18.0 Å². The molecule has 1 aromatic rings. The minimum absolute atomic E-state index is 0.0163. The number of likely N-dealkylation sites (N-methyl/N-ethyl adjacent to an activating group) is 1. The Bertz CT molecular complexity index is 456. The van der Waals surface area contributed by atoms with Crippen molar-refractivity contribution >= 4 is 17.4 Å². The molecule has 0 N–H and O–H groups in total. The first kappa shape index (κ1) is 13.0. The molecule has 0 atom stereocenters. The van der Waals surface area contributed by atoms with E-state index in [-0.39, 0.29) is 12.5 Å². The molecule has 5 nitrogen and oxygen atoms in total. The molecule has 0 unspecified atom stereocenters. The average Bonchev–Trinajstić information content (AvgIpc) is 2.82. The highest BCUT2D eigenvalue weighted by Gasteiger charge is 2.16. The maximum atomic E-state index is 11.9. The van der Waals surface area contributed by atoms with E-state index in [2.05, 4.69) is 15.4 Å². The third kappa shape index (κ3) is 3.29. The van der Waals surface area contributed by atoms with Gasteiger partial charge in [-0.3, -0.25) is 4.79 Å². The monoisotopic (exact) mass is 267 g/mol. The van der Waals surface area contributed by atoms with Crippen LogP contribution < -0.4 is 4.74 Å². The van der Waals surface area contributed by atoms with Crippen LogP contribution in [0.15, 0.2) is 11.8 Å². The summed E-state index contributed by atoms with van der Waals surface area (Å²) in [7, 11) is 1.80. The van der Waals surface area contributed by atoms with Crippen molar-refractivity contribution in [2.75, 3.05) is 13.7 Å². The summed E-state index contributed by atoms with van der Waals surface area (Å²) in [6.07, 6.45) is 6.53. The van der Waals surface area contributed by atoms with Gasteiger partial charge in [-0.05, 0) is 32.6 Å². The molecule has 0 fully saturated rings. The minimum Gasteiger partial charge on any atom is -0.459 e. The predicted octanol–water partition coefficient (Wildman–Crippen LogP) is 2.14. The summed E-state index contributed by atoms with van der Waals surface area (Å²) >= 11 is 1.17. The summed E-state index contributed by atoms with van der Waals surface area (Å²) in [5.74, 6) is 0.627. The number of allylic oxidation sites excluding steroid dienone is 2. The van der Waals surface area contributed by atoms with Crippen LogP contribution in [0.4, 0.5) is 0 Å². The van der Waals surface area contributed by atoms with Crippen LogP contribution in [0.5, 0.6) is 5.19 Å². The van der Waals surface area contributed by atoms with Crippen molar-refractivity contribution in [1.82, 2.24) is 14.3 Å². The normalized spacial score (nSPS) is 15.1. The van der Waals surface area contributed by atoms with Crippen molar-refractivity contribution in [2.45, 2.75) is 32.6 Å². The smallest absolute Gasteiger partial charge is 0.293 e. The third-order valence-electron chi connectivity index (χ3n) is 2.90. The van der Waals surface area contributed by atoms with Crippen molar-refractivity contribution in [3.8, 4) is 5.19 Å². The first-order valence-corrected chi connectivity index (χ1v) is 6.83. The molecule has 0 spiro atoms. The number of hydrogen-bond acceptors (Lipinski definition) is 5. The standard InChI is InChI=1S/C12H17N3O2S/c1-9-13-12(18-14-9)17-8-11(16)15(2)10-6-4-3-5-7-10/h6H,3-5,7-8H2,1-2H3.